The van der Waals surface area contributed by atoms with Gasteiger partial charge in [-0.25, -0.2) is 4.98 Å². The van der Waals surface area contributed by atoms with E-state index in [-0.39, 0.29) is 6.01 Å². The number of aromatic nitrogens is 5. The summed E-state index contributed by atoms with van der Waals surface area (Å²) in [5, 5.41) is 7.15. The summed E-state index contributed by atoms with van der Waals surface area (Å²) in [7, 11) is 1.78. The van der Waals surface area contributed by atoms with E-state index >= 15 is 0 Å². The van der Waals surface area contributed by atoms with Crippen molar-refractivity contribution in [2.45, 2.75) is 20.3 Å². The summed E-state index contributed by atoms with van der Waals surface area (Å²) in [5.74, 6) is 1.02. The molecule has 2 aromatic rings. The van der Waals surface area contributed by atoms with Crippen LogP contribution >= 0.6 is 0 Å². The van der Waals surface area contributed by atoms with E-state index in [1.54, 1.807) is 24.3 Å². The molecule has 7 heteroatoms. The van der Waals surface area contributed by atoms with Crippen LogP contribution in [0.4, 0.5) is 5.95 Å². The van der Waals surface area contributed by atoms with E-state index in [0.717, 1.165) is 18.5 Å². The van der Waals surface area contributed by atoms with Gasteiger partial charge in [-0.2, -0.15) is 9.97 Å². The molecule has 96 valence electrons. The molecule has 0 bridgehead atoms. The molecule has 2 heterocycles. The fraction of sp³-hybridized carbons (Fsp3) is 0.455. The molecule has 0 saturated carbocycles. The zero-order valence-electron chi connectivity index (χ0n) is 10.7. The Bertz CT molecular complexity index is 524. The third-order valence-corrected chi connectivity index (χ3v) is 2.22. The minimum Gasteiger partial charge on any atom is -0.404 e. The lowest BCUT2D eigenvalue weighted by molar-refractivity contribution is 0.418. The fourth-order valence-electron chi connectivity index (χ4n) is 1.30. The quantitative estimate of drug-likeness (QED) is 0.864. The molecule has 0 aliphatic carbocycles. The largest absolute Gasteiger partial charge is 0.404 e. The van der Waals surface area contributed by atoms with Gasteiger partial charge >= 0.3 is 6.01 Å². The first kappa shape index (κ1) is 12.3. The first-order valence-electron chi connectivity index (χ1n) is 5.80. The second-order valence-electron chi connectivity index (χ2n) is 3.91. The molecule has 18 heavy (non-hydrogen) atoms. The average Bonchev–Trinajstić information content (AvgIpc) is 2.76. The maximum absolute atomic E-state index is 5.52. The minimum absolute atomic E-state index is 0.278. The second-order valence-corrected chi connectivity index (χ2v) is 3.91. The van der Waals surface area contributed by atoms with Crippen molar-refractivity contribution < 1.29 is 4.74 Å². The number of nitrogens with zero attached hydrogens (tertiary/aromatic N) is 5. The van der Waals surface area contributed by atoms with Crippen LogP contribution in [0.2, 0.25) is 0 Å². The molecule has 1 N–H and O–H groups in total. The summed E-state index contributed by atoms with van der Waals surface area (Å²) in [4.78, 5) is 12.4. The van der Waals surface area contributed by atoms with Crippen LogP contribution in [-0.4, -0.2) is 31.3 Å². The van der Waals surface area contributed by atoms with Gasteiger partial charge in [-0.15, -0.1) is 5.10 Å². The van der Waals surface area contributed by atoms with Crippen LogP contribution in [0.25, 0.3) is 0 Å². The van der Waals surface area contributed by atoms with E-state index < -0.39 is 0 Å². The van der Waals surface area contributed by atoms with Crippen molar-refractivity contribution in [3.63, 3.8) is 0 Å². The van der Waals surface area contributed by atoms with E-state index in [4.69, 9.17) is 4.74 Å². The Labute approximate surface area is 105 Å². The predicted molar refractivity (Wildman–Crippen MR) is 66.6 cm³/mol. The van der Waals surface area contributed by atoms with Gasteiger partial charge in [0.05, 0.1) is 0 Å². The summed E-state index contributed by atoms with van der Waals surface area (Å²) in [5.41, 5.74) is 0.838. The van der Waals surface area contributed by atoms with Crippen molar-refractivity contribution in [3.05, 3.63) is 18.1 Å². The maximum Gasteiger partial charge on any atom is 0.342 e. The van der Waals surface area contributed by atoms with Gasteiger partial charge in [-0.1, -0.05) is 6.92 Å². The average molecular weight is 248 g/mol. The molecular weight excluding hydrogens is 232 g/mol. The fourth-order valence-corrected chi connectivity index (χ4v) is 1.30. The topological polar surface area (TPSA) is 77.8 Å². The number of aryl methyl sites for hydroxylation is 2. The van der Waals surface area contributed by atoms with Gasteiger partial charge in [-0.05, 0) is 13.3 Å². The van der Waals surface area contributed by atoms with E-state index in [1.165, 1.54) is 0 Å². The van der Waals surface area contributed by atoms with E-state index in [2.05, 4.69) is 32.3 Å². The number of hydrogen-bond donors (Lipinski definition) is 1. The van der Waals surface area contributed by atoms with Crippen LogP contribution in [0.1, 0.15) is 18.9 Å². The van der Waals surface area contributed by atoms with Crippen LogP contribution in [0.3, 0.4) is 0 Å². The maximum atomic E-state index is 5.52. The number of nitrogens with one attached hydrogen (secondary N) is 1. The van der Waals surface area contributed by atoms with Gasteiger partial charge in [-0.3, -0.25) is 4.68 Å². The van der Waals surface area contributed by atoms with Gasteiger partial charge in [0, 0.05) is 25.4 Å². The standard InChI is InChI=1S/C11H16N6O/c1-4-5-12-10-13-6-8(2)9(15-10)18-11-14-7-17(3)16-11/h6-7H,4-5H2,1-3H3,(H,12,13,15). The highest BCUT2D eigenvalue weighted by Crippen LogP contribution is 2.19. The Morgan fingerprint density at radius 3 is 2.89 bits per heavy atom. The Balaban J connectivity index is 2.15. The van der Waals surface area contributed by atoms with E-state index in [1.807, 2.05) is 6.92 Å². The van der Waals surface area contributed by atoms with Crippen LogP contribution in [0.5, 0.6) is 11.9 Å². The Morgan fingerprint density at radius 1 is 1.39 bits per heavy atom. The van der Waals surface area contributed by atoms with Gasteiger partial charge in [0.2, 0.25) is 11.8 Å². The molecule has 2 rings (SSSR count). The molecule has 0 unspecified atom stereocenters. The molecular formula is C11H16N6O. The van der Waals surface area contributed by atoms with Gasteiger partial charge in [0.25, 0.3) is 0 Å². The molecule has 0 aromatic carbocycles. The molecule has 0 fully saturated rings. The number of hydrogen-bond acceptors (Lipinski definition) is 6. The predicted octanol–water partition coefficient (Wildman–Crippen LogP) is 1.53. The Hall–Kier alpha value is -2.18. The SMILES string of the molecule is CCCNc1ncc(C)c(Oc2ncn(C)n2)n1. The van der Waals surface area contributed by atoms with Crippen molar-refractivity contribution in [2.24, 2.45) is 7.05 Å². The molecule has 7 nitrogen and oxygen atoms in total. The zero-order chi connectivity index (χ0) is 13.0. The summed E-state index contributed by atoms with van der Waals surface area (Å²) in [6.07, 6.45) is 4.29. The monoisotopic (exact) mass is 248 g/mol. The molecule has 0 saturated heterocycles. The normalized spacial score (nSPS) is 10.4. The molecule has 0 amide bonds. The molecule has 2 aromatic heterocycles. The summed E-state index contributed by atoms with van der Waals surface area (Å²) >= 11 is 0. The lowest BCUT2D eigenvalue weighted by atomic mass is 10.4. The van der Waals surface area contributed by atoms with Crippen molar-refractivity contribution in [1.82, 2.24) is 24.7 Å². The van der Waals surface area contributed by atoms with Gasteiger partial charge in [0.1, 0.15) is 6.33 Å². The molecule has 0 spiro atoms. The van der Waals surface area contributed by atoms with Crippen molar-refractivity contribution in [2.75, 3.05) is 11.9 Å². The third-order valence-electron chi connectivity index (χ3n) is 2.22. The summed E-state index contributed by atoms with van der Waals surface area (Å²) in [6, 6.07) is 0.278. The lowest BCUT2D eigenvalue weighted by Crippen LogP contribution is -2.05. The van der Waals surface area contributed by atoms with Crippen LogP contribution < -0.4 is 10.1 Å². The van der Waals surface area contributed by atoms with Crippen LogP contribution in [-0.2, 0) is 7.05 Å². The molecule has 0 atom stereocenters. The first-order chi connectivity index (χ1) is 8.69. The second kappa shape index (κ2) is 5.44. The summed E-state index contributed by atoms with van der Waals surface area (Å²) in [6.45, 7) is 4.78. The highest BCUT2D eigenvalue weighted by atomic mass is 16.5. The number of ether oxygens (including phenoxy) is 1. The molecule has 0 radical (unpaired) electrons. The zero-order valence-corrected chi connectivity index (χ0v) is 10.7. The first-order valence-corrected chi connectivity index (χ1v) is 5.80. The van der Waals surface area contributed by atoms with Crippen molar-refractivity contribution >= 4 is 5.95 Å². The minimum atomic E-state index is 0.278. The number of anilines is 1. The van der Waals surface area contributed by atoms with Crippen LogP contribution in [0.15, 0.2) is 12.5 Å². The molecule has 0 aliphatic rings. The van der Waals surface area contributed by atoms with Crippen LogP contribution in [0, 0.1) is 6.92 Å². The van der Waals surface area contributed by atoms with Gasteiger partial charge in [0.15, 0.2) is 0 Å². The van der Waals surface area contributed by atoms with E-state index in [9.17, 15) is 0 Å². The van der Waals surface area contributed by atoms with Crippen molar-refractivity contribution in [3.8, 4) is 11.9 Å². The van der Waals surface area contributed by atoms with Gasteiger partial charge < -0.3 is 10.1 Å². The van der Waals surface area contributed by atoms with Crippen molar-refractivity contribution in [1.29, 1.82) is 0 Å². The molecule has 0 aliphatic heterocycles. The highest BCUT2D eigenvalue weighted by molar-refractivity contribution is 5.33. The Morgan fingerprint density at radius 2 is 2.22 bits per heavy atom. The summed E-state index contributed by atoms with van der Waals surface area (Å²) < 4.78 is 7.09. The highest BCUT2D eigenvalue weighted by Gasteiger charge is 2.08. The third kappa shape index (κ3) is 2.93. The smallest absolute Gasteiger partial charge is 0.342 e. The van der Waals surface area contributed by atoms with E-state index in [0.29, 0.717) is 11.8 Å². The number of rotatable bonds is 5. The Kier molecular flexibility index (Phi) is 3.71. The lowest BCUT2D eigenvalue weighted by Gasteiger charge is -2.07.